The van der Waals surface area contributed by atoms with Crippen molar-refractivity contribution in [3.05, 3.63) is 81.9 Å². The van der Waals surface area contributed by atoms with Crippen molar-refractivity contribution in [2.75, 3.05) is 19.4 Å². The van der Waals surface area contributed by atoms with Gasteiger partial charge < -0.3 is 10.5 Å². The second-order valence-electron chi connectivity index (χ2n) is 8.90. The van der Waals surface area contributed by atoms with E-state index in [9.17, 15) is 13.2 Å². The van der Waals surface area contributed by atoms with Crippen molar-refractivity contribution in [2.24, 2.45) is 0 Å². The third-order valence-corrected chi connectivity index (χ3v) is 7.33. The first-order valence-corrected chi connectivity index (χ1v) is 13.2. The fourth-order valence-corrected chi connectivity index (χ4v) is 5.41. The van der Waals surface area contributed by atoms with Gasteiger partial charge in [-0.25, -0.2) is 9.71 Å². The number of aryl methyl sites for hydroxylation is 3. The summed E-state index contributed by atoms with van der Waals surface area (Å²) < 4.78 is 33.2. The van der Waals surface area contributed by atoms with E-state index in [1.807, 2.05) is 43.9 Å². The van der Waals surface area contributed by atoms with Crippen molar-refractivity contribution in [1.82, 2.24) is 14.6 Å². The predicted octanol–water partition coefficient (Wildman–Crippen LogP) is 3.67. The molecule has 9 heteroatoms. The molecule has 3 N–H and O–H groups in total. The lowest BCUT2D eigenvalue weighted by Crippen LogP contribution is -2.40. The van der Waals surface area contributed by atoms with Crippen LogP contribution in [0.3, 0.4) is 0 Å². The highest BCUT2D eigenvalue weighted by molar-refractivity contribution is 7.90. The molecule has 0 fully saturated rings. The molecule has 192 valence electrons. The van der Waals surface area contributed by atoms with E-state index in [4.69, 9.17) is 10.5 Å². The summed E-state index contributed by atoms with van der Waals surface area (Å²) in [6.07, 6.45) is 0.761. The molecule has 1 amide bonds. The summed E-state index contributed by atoms with van der Waals surface area (Å²) in [5, 5.41) is -0.298. The largest absolute Gasteiger partial charge is 0.496 e. The number of methoxy groups -OCH3 is 1. The number of carbonyl (C=O) groups is 1. The smallest absolute Gasteiger partial charge is 0.281 e. The van der Waals surface area contributed by atoms with Crippen molar-refractivity contribution < 1.29 is 17.9 Å². The number of nitrogens with zero attached hydrogens (tertiary/aromatic N) is 2. The zero-order valence-corrected chi connectivity index (χ0v) is 22.3. The average Bonchev–Trinajstić information content (AvgIpc) is 2.80. The van der Waals surface area contributed by atoms with E-state index in [1.54, 1.807) is 7.11 Å². The van der Waals surface area contributed by atoms with Gasteiger partial charge in [0.25, 0.3) is 10.0 Å². The van der Waals surface area contributed by atoms with E-state index >= 15 is 0 Å². The quantitative estimate of drug-likeness (QED) is 0.428. The van der Waals surface area contributed by atoms with Crippen LogP contribution in [-0.2, 0) is 34.3 Å². The van der Waals surface area contributed by atoms with Crippen molar-refractivity contribution in [2.45, 2.75) is 52.2 Å². The number of amides is 1. The number of nitrogens with two attached hydrogens (primary N) is 1. The number of pyridine rings is 1. The molecule has 0 saturated heterocycles. The molecule has 0 aliphatic heterocycles. The topological polar surface area (TPSA) is 115 Å². The van der Waals surface area contributed by atoms with E-state index in [0.29, 0.717) is 13.1 Å². The maximum Gasteiger partial charge on any atom is 0.281 e. The monoisotopic (exact) mass is 510 g/mol. The fourth-order valence-electron chi connectivity index (χ4n) is 4.46. The van der Waals surface area contributed by atoms with Crippen LogP contribution in [0.25, 0.3) is 0 Å². The van der Waals surface area contributed by atoms with Crippen LogP contribution in [0.5, 0.6) is 5.75 Å². The Balaban J connectivity index is 1.91. The minimum Gasteiger partial charge on any atom is -0.496 e. The minimum atomic E-state index is -4.16. The maximum atomic E-state index is 13.0. The summed E-state index contributed by atoms with van der Waals surface area (Å²) >= 11 is 0. The molecule has 0 spiro atoms. The summed E-state index contributed by atoms with van der Waals surface area (Å²) in [7, 11) is -2.52. The number of anilines is 1. The van der Waals surface area contributed by atoms with Crippen molar-refractivity contribution in [1.29, 1.82) is 0 Å². The van der Waals surface area contributed by atoms with Gasteiger partial charge in [0.2, 0.25) is 5.91 Å². The summed E-state index contributed by atoms with van der Waals surface area (Å²) in [6.45, 7) is 8.99. The first-order chi connectivity index (χ1) is 17.0. The Bertz CT molecular complexity index is 1330. The molecule has 0 radical (unpaired) electrons. The lowest BCUT2D eigenvalue weighted by Gasteiger charge is -2.25. The number of nitrogens with one attached hydrogen (secondary N) is 1. The Kier molecular flexibility index (Phi) is 8.70. The number of sulfonamides is 1. The van der Waals surface area contributed by atoms with E-state index < -0.39 is 15.9 Å². The molecule has 1 aromatic heterocycles. The number of benzene rings is 2. The average molecular weight is 511 g/mol. The lowest BCUT2D eigenvalue weighted by atomic mass is 9.98. The van der Waals surface area contributed by atoms with E-state index in [0.717, 1.165) is 40.0 Å². The molecule has 2 aromatic carbocycles. The molecule has 36 heavy (non-hydrogen) atoms. The molecule has 0 aliphatic rings. The van der Waals surface area contributed by atoms with Gasteiger partial charge in [-0.15, -0.1) is 0 Å². The third kappa shape index (κ3) is 6.61. The number of hydrogen-bond acceptors (Lipinski definition) is 7. The van der Waals surface area contributed by atoms with Gasteiger partial charge in [-0.05, 0) is 73.2 Å². The molecule has 0 aliphatic carbocycles. The van der Waals surface area contributed by atoms with Gasteiger partial charge in [-0.3, -0.25) is 9.69 Å². The maximum absolute atomic E-state index is 13.0. The minimum absolute atomic E-state index is 0.0578. The molecule has 0 unspecified atom stereocenters. The molecule has 8 nitrogen and oxygen atoms in total. The zero-order valence-electron chi connectivity index (χ0n) is 21.5. The number of aromatic nitrogens is 1. The van der Waals surface area contributed by atoms with Crippen LogP contribution in [0, 0.1) is 20.8 Å². The molecule has 0 atom stereocenters. The van der Waals surface area contributed by atoms with Crippen LogP contribution < -0.4 is 15.2 Å². The van der Waals surface area contributed by atoms with Gasteiger partial charge >= 0.3 is 0 Å². The summed E-state index contributed by atoms with van der Waals surface area (Å²) in [4.78, 5) is 18.8. The third-order valence-electron chi connectivity index (χ3n) is 6.06. The Morgan fingerprint density at radius 3 is 2.31 bits per heavy atom. The SMILES string of the molecule is CCc1c(CN(CC(=O)NS(=O)(=O)c2cccc(N)n2)Cc2c(C)cc(C)cc2C)cccc1OC. The van der Waals surface area contributed by atoms with Crippen molar-refractivity contribution in [3.8, 4) is 5.75 Å². The summed E-state index contributed by atoms with van der Waals surface area (Å²) in [5.41, 5.74) is 12.2. The Labute approximate surface area is 213 Å². The Hall–Kier alpha value is -3.43. The predicted molar refractivity (Wildman–Crippen MR) is 141 cm³/mol. The normalized spacial score (nSPS) is 11.5. The van der Waals surface area contributed by atoms with Crippen LogP contribution in [0.4, 0.5) is 5.82 Å². The number of hydrogen-bond donors (Lipinski definition) is 2. The van der Waals surface area contributed by atoms with Crippen LogP contribution in [0.15, 0.2) is 53.6 Å². The van der Waals surface area contributed by atoms with Gasteiger partial charge in [0.05, 0.1) is 13.7 Å². The van der Waals surface area contributed by atoms with Crippen molar-refractivity contribution >= 4 is 21.7 Å². The van der Waals surface area contributed by atoms with Crippen LogP contribution in [0.2, 0.25) is 0 Å². The first kappa shape index (κ1) is 27.2. The highest BCUT2D eigenvalue weighted by Crippen LogP contribution is 2.26. The molecule has 0 bridgehead atoms. The number of nitrogen functional groups attached to an aromatic ring is 1. The Morgan fingerprint density at radius 2 is 1.69 bits per heavy atom. The van der Waals surface area contributed by atoms with Crippen molar-refractivity contribution in [3.63, 3.8) is 0 Å². The highest BCUT2D eigenvalue weighted by atomic mass is 32.2. The molecule has 3 aromatic rings. The second kappa shape index (κ2) is 11.5. The second-order valence-corrected chi connectivity index (χ2v) is 10.5. The van der Waals surface area contributed by atoms with Gasteiger partial charge in [-0.1, -0.05) is 42.8 Å². The molecule has 1 heterocycles. The molecular weight excluding hydrogens is 476 g/mol. The zero-order chi connectivity index (χ0) is 26.5. The van der Waals surface area contributed by atoms with E-state index in [2.05, 4.69) is 28.8 Å². The number of ether oxygens (including phenoxy) is 1. The molecular formula is C27H34N4O4S. The standard InChI is InChI=1S/C27H34N4O4S/c1-6-22-21(9-7-10-24(22)35-5)15-31(16-23-19(3)13-18(2)14-20(23)4)17-26(32)30-36(33,34)27-12-8-11-25(28)29-27/h7-14H,6,15-17H2,1-5H3,(H2,28,29)(H,30,32). The van der Waals surface area contributed by atoms with Crippen LogP contribution in [0.1, 0.15) is 40.3 Å². The molecule has 0 saturated carbocycles. The van der Waals surface area contributed by atoms with E-state index in [1.165, 1.54) is 23.8 Å². The van der Waals surface area contributed by atoms with Gasteiger partial charge in [0, 0.05) is 13.1 Å². The molecule has 3 rings (SSSR count). The summed E-state index contributed by atoms with van der Waals surface area (Å²) in [5.74, 6) is 0.197. The van der Waals surface area contributed by atoms with Gasteiger partial charge in [0.15, 0.2) is 5.03 Å². The first-order valence-electron chi connectivity index (χ1n) is 11.8. The number of rotatable bonds is 10. The van der Waals surface area contributed by atoms with Gasteiger partial charge in [0.1, 0.15) is 11.6 Å². The Morgan fingerprint density at radius 1 is 1.03 bits per heavy atom. The van der Waals surface area contributed by atoms with E-state index in [-0.39, 0.29) is 17.4 Å². The lowest BCUT2D eigenvalue weighted by molar-refractivity contribution is -0.120. The fraction of sp³-hybridized carbons (Fsp3) is 0.333. The van der Waals surface area contributed by atoms with Gasteiger partial charge in [-0.2, -0.15) is 8.42 Å². The number of carbonyl (C=O) groups excluding carboxylic acids is 1. The highest BCUT2D eigenvalue weighted by Gasteiger charge is 2.23. The summed E-state index contributed by atoms with van der Waals surface area (Å²) in [6, 6.07) is 14.3. The van der Waals surface area contributed by atoms with Crippen LogP contribution in [-0.4, -0.2) is 37.9 Å². The van der Waals surface area contributed by atoms with Crippen LogP contribution >= 0.6 is 0 Å².